The topological polar surface area (TPSA) is 63.4 Å². The summed E-state index contributed by atoms with van der Waals surface area (Å²) in [4.78, 5) is 1.32. The van der Waals surface area contributed by atoms with E-state index in [2.05, 4.69) is 0 Å². The molecule has 6 heteroatoms. The molecule has 0 aliphatic rings. The summed E-state index contributed by atoms with van der Waals surface area (Å²) in [7, 11) is -1.88. The van der Waals surface area contributed by atoms with Crippen LogP contribution >= 0.6 is 11.3 Å². The third-order valence-electron chi connectivity index (χ3n) is 2.92. The zero-order valence-corrected chi connectivity index (χ0v) is 12.5. The SMILES string of the molecule is Cc1ccsc1CN(C)S(=O)(=O)c1ccc(N)cc1. The summed E-state index contributed by atoms with van der Waals surface area (Å²) in [6, 6.07) is 8.24. The van der Waals surface area contributed by atoms with Gasteiger partial charge in [-0.05, 0) is 48.2 Å². The van der Waals surface area contributed by atoms with Crippen LogP contribution in [0.5, 0.6) is 0 Å². The molecule has 0 fully saturated rings. The molecule has 102 valence electrons. The number of hydrogen-bond acceptors (Lipinski definition) is 4. The Kier molecular flexibility index (Phi) is 3.93. The highest BCUT2D eigenvalue weighted by Gasteiger charge is 2.21. The van der Waals surface area contributed by atoms with Gasteiger partial charge in [0.1, 0.15) is 0 Å². The molecule has 4 nitrogen and oxygen atoms in total. The molecule has 0 atom stereocenters. The number of nitrogen functional groups attached to an aromatic ring is 1. The highest BCUT2D eigenvalue weighted by molar-refractivity contribution is 7.89. The molecule has 1 aromatic heterocycles. The van der Waals surface area contributed by atoms with Crippen LogP contribution in [0.2, 0.25) is 0 Å². The molecule has 0 radical (unpaired) electrons. The van der Waals surface area contributed by atoms with Gasteiger partial charge in [-0.15, -0.1) is 11.3 Å². The first-order chi connectivity index (χ1) is 8.91. The molecule has 0 unspecified atom stereocenters. The minimum absolute atomic E-state index is 0.262. The van der Waals surface area contributed by atoms with E-state index in [1.54, 1.807) is 30.5 Å². The number of anilines is 1. The van der Waals surface area contributed by atoms with E-state index in [9.17, 15) is 8.42 Å². The van der Waals surface area contributed by atoms with Crippen molar-refractivity contribution in [2.75, 3.05) is 12.8 Å². The molecular formula is C13H16N2O2S2. The molecule has 19 heavy (non-hydrogen) atoms. The van der Waals surface area contributed by atoms with Gasteiger partial charge in [0, 0.05) is 24.2 Å². The number of thiophene rings is 1. The number of rotatable bonds is 4. The van der Waals surface area contributed by atoms with Crippen LogP contribution in [-0.2, 0) is 16.6 Å². The normalized spacial score (nSPS) is 11.9. The lowest BCUT2D eigenvalue weighted by Gasteiger charge is -2.17. The van der Waals surface area contributed by atoms with Crippen LogP contribution in [0.3, 0.4) is 0 Å². The summed E-state index contributed by atoms with van der Waals surface area (Å²) >= 11 is 1.57. The Hall–Kier alpha value is -1.37. The maximum atomic E-state index is 12.4. The molecule has 2 aromatic rings. The summed E-state index contributed by atoms with van der Waals surface area (Å²) < 4.78 is 26.1. The quantitative estimate of drug-likeness (QED) is 0.882. The van der Waals surface area contributed by atoms with Crippen LogP contribution in [0.15, 0.2) is 40.6 Å². The first kappa shape index (κ1) is 14.0. The molecule has 0 bridgehead atoms. The maximum absolute atomic E-state index is 12.4. The zero-order valence-electron chi connectivity index (χ0n) is 10.8. The second-order valence-electron chi connectivity index (χ2n) is 4.36. The number of hydrogen-bond donors (Lipinski definition) is 1. The van der Waals surface area contributed by atoms with Crippen LogP contribution in [-0.4, -0.2) is 19.8 Å². The smallest absolute Gasteiger partial charge is 0.243 e. The van der Waals surface area contributed by atoms with Gasteiger partial charge in [-0.1, -0.05) is 0 Å². The van der Waals surface area contributed by atoms with Gasteiger partial charge in [-0.2, -0.15) is 4.31 Å². The minimum atomic E-state index is -3.46. The lowest BCUT2D eigenvalue weighted by molar-refractivity contribution is 0.469. The van der Waals surface area contributed by atoms with Crippen molar-refractivity contribution < 1.29 is 8.42 Å². The highest BCUT2D eigenvalue weighted by atomic mass is 32.2. The third kappa shape index (κ3) is 2.97. The molecule has 0 saturated carbocycles. The second kappa shape index (κ2) is 5.32. The van der Waals surface area contributed by atoms with E-state index in [0.717, 1.165) is 10.4 Å². The number of benzene rings is 1. The van der Waals surface area contributed by atoms with Crippen molar-refractivity contribution in [1.29, 1.82) is 0 Å². The van der Waals surface area contributed by atoms with E-state index in [4.69, 9.17) is 5.73 Å². The lowest BCUT2D eigenvalue weighted by atomic mass is 10.3. The summed E-state index contributed by atoms with van der Waals surface area (Å²) in [6.45, 7) is 2.37. The van der Waals surface area contributed by atoms with Gasteiger partial charge in [-0.25, -0.2) is 8.42 Å². The summed E-state index contributed by atoms with van der Waals surface area (Å²) in [6.07, 6.45) is 0. The standard InChI is InChI=1S/C13H16N2O2S2/c1-10-7-8-18-13(10)9-15(2)19(16,17)12-5-3-11(14)4-6-12/h3-8H,9,14H2,1-2H3. The molecule has 0 aliphatic carbocycles. The third-order valence-corrected chi connectivity index (χ3v) is 5.75. The zero-order chi connectivity index (χ0) is 14.0. The fourth-order valence-corrected chi connectivity index (χ4v) is 3.85. The Labute approximate surface area is 117 Å². The van der Waals surface area contributed by atoms with Crippen LogP contribution in [0.4, 0.5) is 5.69 Å². The van der Waals surface area contributed by atoms with Crippen LogP contribution in [0.1, 0.15) is 10.4 Å². The average Bonchev–Trinajstić information content (AvgIpc) is 2.75. The second-order valence-corrected chi connectivity index (χ2v) is 7.40. The van der Waals surface area contributed by atoms with Crippen LogP contribution in [0, 0.1) is 6.92 Å². The number of aryl methyl sites for hydroxylation is 1. The van der Waals surface area contributed by atoms with Crippen molar-refractivity contribution in [3.05, 3.63) is 46.2 Å². The van der Waals surface area contributed by atoms with E-state index in [1.807, 2.05) is 18.4 Å². The Bertz CT molecular complexity index is 660. The molecule has 2 rings (SSSR count). The average molecular weight is 296 g/mol. The first-order valence-electron chi connectivity index (χ1n) is 5.76. The molecule has 2 N–H and O–H groups in total. The molecule has 0 amide bonds. The summed E-state index contributed by atoms with van der Waals surface area (Å²) in [5.41, 5.74) is 7.24. The van der Waals surface area contributed by atoms with Crippen molar-refractivity contribution in [3.8, 4) is 0 Å². The number of nitrogens with two attached hydrogens (primary N) is 1. The van der Waals surface area contributed by atoms with E-state index in [0.29, 0.717) is 12.2 Å². The fourth-order valence-electron chi connectivity index (χ4n) is 1.67. The van der Waals surface area contributed by atoms with Gasteiger partial charge in [0.2, 0.25) is 10.0 Å². The minimum Gasteiger partial charge on any atom is -0.399 e. The lowest BCUT2D eigenvalue weighted by Crippen LogP contribution is -2.26. The predicted molar refractivity (Wildman–Crippen MR) is 78.6 cm³/mol. The highest BCUT2D eigenvalue weighted by Crippen LogP contribution is 2.22. The van der Waals surface area contributed by atoms with Crippen molar-refractivity contribution in [2.45, 2.75) is 18.4 Å². The summed E-state index contributed by atoms with van der Waals surface area (Å²) in [5.74, 6) is 0. The molecule has 0 aliphatic heterocycles. The first-order valence-corrected chi connectivity index (χ1v) is 8.08. The van der Waals surface area contributed by atoms with Crippen molar-refractivity contribution >= 4 is 27.0 Å². The van der Waals surface area contributed by atoms with Crippen molar-refractivity contribution in [1.82, 2.24) is 4.31 Å². The molecule has 1 aromatic carbocycles. The van der Waals surface area contributed by atoms with Crippen molar-refractivity contribution in [2.24, 2.45) is 0 Å². The molecule has 1 heterocycles. The van der Waals surface area contributed by atoms with Gasteiger partial charge in [0.25, 0.3) is 0 Å². The van der Waals surface area contributed by atoms with Gasteiger partial charge >= 0.3 is 0 Å². The van der Waals surface area contributed by atoms with Gasteiger partial charge in [0.05, 0.1) is 4.90 Å². The monoisotopic (exact) mass is 296 g/mol. The Morgan fingerprint density at radius 3 is 2.37 bits per heavy atom. The van der Waals surface area contributed by atoms with Crippen LogP contribution in [0.25, 0.3) is 0 Å². The van der Waals surface area contributed by atoms with E-state index in [1.165, 1.54) is 16.4 Å². The molecule has 0 spiro atoms. The van der Waals surface area contributed by atoms with Gasteiger partial charge in [-0.3, -0.25) is 0 Å². The van der Waals surface area contributed by atoms with Crippen LogP contribution < -0.4 is 5.73 Å². The fraction of sp³-hybridized carbons (Fsp3) is 0.231. The Balaban J connectivity index is 2.24. The van der Waals surface area contributed by atoms with E-state index in [-0.39, 0.29) is 4.90 Å². The largest absolute Gasteiger partial charge is 0.399 e. The molecule has 0 saturated heterocycles. The van der Waals surface area contributed by atoms with Gasteiger partial charge < -0.3 is 5.73 Å². The van der Waals surface area contributed by atoms with Crippen molar-refractivity contribution in [3.63, 3.8) is 0 Å². The Morgan fingerprint density at radius 2 is 1.84 bits per heavy atom. The van der Waals surface area contributed by atoms with E-state index >= 15 is 0 Å². The number of nitrogens with zero attached hydrogens (tertiary/aromatic N) is 1. The van der Waals surface area contributed by atoms with E-state index < -0.39 is 10.0 Å². The maximum Gasteiger partial charge on any atom is 0.243 e. The summed E-state index contributed by atoms with van der Waals surface area (Å²) in [5, 5.41) is 1.97. The predicted octanol–water partition coefficient (Wildman–Crippen LogP) is 2.46. The van der Waals surface area contributed by atoms with Gasteiger partial charge in [0.15, 0.2) is 0 Å². The Morgan fingerprint density at radius 1 is 1.21 bits per heavy atom. The number of sulfonamides is 1. The molecular weight excluding hydrogens is 280 g/mol.